The maximum absolute atomic E-state index is 11.4. The molecule has 1 aromatic carbocycles. The number of rotatable bonds is 2. The van der Waals surface area contributed by atoms with Crippen molar-refractivity contribution in [1.29, 1.82) is 0 Å². The highest BCUT2D eigenvalue weighted by Gasteiger charge is 2.12. The summed E-state index contributed by atoms with van der Waals surface area (Å²) in [5.74, 6) is -0.281. The molecule has 4 nitrogen and oxygen atoms in total. The van der Waals surface area contributed by atoms with Crippen LogP contribution in [0.2, 0.25) is 0 Å². The van der Waals surface area contributed by atoms with Crippen molar-refractivity contribution in [3.63, 3.8) is 0 Å². The number of hydrogen-bond acceptors (Lipinski definition) is 4. The molecule has 0 aromatic heterocycles. The van der Waals surface area contributed by atoms with Crippen LogP contribution >= 0.6 is 12.4 Å². The van der Waals surface area contributed by atoms with Gasteiger partial charge in [0.05, 0.1) is 12.7 Å². The van der Waals surface area contributed by atoms with E-state index < -0.39 is 0 Å². The number of anilines is 1. The van der Waals surface area contributed by atoms with Crippen LogP contribution in [0.3, 0.4) is 0 Å². The van der Waals surface area contributed by atoms with Gasteiger partial charge in [-0.25, -0.2) is 4.79 Å². The molecule has 2 rings (SSSR count). The summed E-state index contributed by atoms with van der Waals surface area (Å²) >= 11 is 0. The highest BCUT2D eigenvalue weighted by molar-refractivity contribution is 5.90. The first-order valence-corrected chi connectivity index (χ1v) is 5.45. The SMILES string of the molecule is COC(=O)c1cccc(N2CCNCC2)c1.Cl. The molecule has 1 saturated heterocycles. The van der Waals surface area contributed by atoms with Crippen LogP contribution in [0.5, 0.6) is 0 Å². The number of ether oxygens (including phenoxy) is 1. The van der Waals surface area contributed by atoms with Crippen molar-refractivity contribution in [3.05, 3.63) is 29.8 Å². The number of carbonyl (C=O) groups is 1. The summed E-state index contributed by atoms with van der Waals surface area (Å²) in [6.07, 6.45) is 0. The van der Waals surface area contributed by atoms with Crippen LogP contribution in [-0.2, 0) is 4.74 Å². The molecule has 0 radical (unpaired) electrons. The van der Waals surface area contributed by atoms with E-state index in [4.69, 9.17) is 4.74 Å². The number of methoxy groups -OCH3 is 1. The first kappa shape index (κ1) is 13.8. The number of nitrogens with one attached hydrogen (secondary N) is 1. The average molecular weight is 257 g/mol. The van der Waals surface area contributed by atoms with E-state index in [1.54, 1.807) is 6.07 Å². The zero-order chi connectivity index (χ0) is 11.4. The van der Waals surface area contributed by atoms with Crippen molar-refractivity contribution in [1.82, 2.24) is 5.32 Å². The van der Waals surface area contributed by atoms with E-state index in [-0.39, 0.29) is 18.4 Å². The topological polar surface area (TPSA) is 41.6 Å². The van der Waals surface area contributed by atoms with E-state index in [2.05, 4.69) is 10.2 Å². The highest BCUT2D eigenvalue weighted by Crippen LogP contribution is 2.17. The van der Waals surface area contributed by atoms with Crippen LogP contribution < -0.4 is 10.2 Å². The van der Waals surface area contributed by atoms with Gasteiger partial charge in [0.15, 0.2) is 0 Å². The van der Waals surface area contributed by atoms with Crippen molar-refractivity contribution in [2.75, 3.05) is 38.2 Å². The Morgan fingerprint density at radius 2 is 2.06 bits per heavy atom. The monoisotopic (exact) mass is 256 g/mol. The molecule has 1 N–H and O–H groups in total. The molecule has 1 aliphatic rings. The molecule has 0 bridgehead atoms. The van der Waals surface area contributed by atoms with Gasteiger partial charge in [-0.3, -0.25) is 0 Å². The lowest BCUT2D eigenvalue weighted by atomic mass is 10.2. The highest BCUT2D eigenvalue weighted by atomic mass is 35.5. The van der Waals surface area contributed by atoms with Gasteiger partial charge < -0.3 is 15.0 Å². The number of esters is 1. The minimum Gasteiger partial charge on any atom is -0.465 e. The smallest absolute Gasteiger partial charge is 0.337 e. The Hall–Kier alpha value is -1.26. The summed E-state index contributed by atoms with van der Waals surface area (Å²) in [5.41, 5.74) is 1.70. The molecule has 0 saturated carbocycles. The van der Waals surface area contributed by atoms with Crippen LogP contribution in [0.1, 0.15) is 10.4 Å². The standard InChI is InChI=1S/C12H16N2O2.ClH/c1-16-12(15)10-3-2-4-11(9-10)14-7-5-13-6-8-14;/h2-4,9,13H,5-8H2,1H3;1H. The molecule has 0 unspecified atom stereocenters. The van der Waals surface area contributed by atoms with Gasteiger partial charge in [-0.2, -0.15) is 0 Å². The van der Waals surface area contributed by atoms with E-state index in [1.807, 2.05) is 18.2 Å². The summed E-state index contributed by atoms with van der Waals surface area (Å²) < 4.78 is 4.71. The molecule has 0 aliphatic carbocycles. The molecular weight excluding hydrogens is 240 g/mol. The summed E-state index contributed by atoms with van der Waals surface area (Å²) in [4.78, 5) is 13.7. The number of benzene rings is 1. The Bertz CT molecular complexity index is 379. The van der Waals surface area contributed by atoms with Crippen LogP contribution in [0, 0.1) is 0 Å². The van der Waals surface area contributed by atoms with E-state index in [1.165, 1.54) is 7.11 Å². The molecule has 0 amide bonds. The lowest BCUT2D eigenvalue weighted by molar-refractivity contribution is 0.0601. The zero-order valence-electron chi connectivity index (χ0n) is 9.81. The second-order valence-corrected chi connectivity index (χ2v) is 3.78. The number of piperazine rings is 1. The molecule has 1 fully saturated rings. The third-order valence-corrected chi connectivity index (χ3v) is 2.75. The summed E-state index contributed by atoms with van der Waals surface area (Å²) in [6, 6.07) is 7.58. The number of nitrogens with zero attached hydrogens (tertiary/aromatic N) is 1. The number of carbonyl (C=O) groups excluding carboxylic acids is 1. The third kappa shape index (κ3) is 3.35. The second kappa shape index (κ2) is 6.47. The maximum Gasteiger partial charge on any atom is 0.337 e. The Kier molecular flexibility index (Phi) is 5.25. The number of hydrogen-bond donors (Lipinski definition) is 1. The first-order chi connectivity index (χ1) is 7.81. The van der Waals surface area contributed by atoms with Gasteiger partial charge in [-0.15, -0.1) is 12.4 Å². The summed E-state index contributed by atoms with van der Waals surface area (Å²) in [6.45, 7) is 3.93. The van der Waals surface area contributed by atoms with Gasteiger partial charge >= 0.3 is 5.97 Å². The third-order valence-electron chi connectivity index (χ3n) is 2.75. The van der Waals surface area contributed by atoms with Crippen molar-refractivity contribution >= 4 is 24.1 Å². The Labute approximate surface area is 107 Å². The zero-order valence-corrected chi connectivity index (χ0v) is 10.6. The molecule has 94 valence electrons. The van der Waals surface area contributed by atoms with Crippen molar-refractivity contribution < 1.29 is 9.53 Å². The van der Waals surface area contributed by atoms with E-state index in [0.717, 1.165) is 31.9 Å². The van der Waals surface area contributed by atoms with E-state index in [0.29, 0.717) is 5.56 Å². The van der Waals surface area contributed by atoms with Crippen molar-refractivity contribution in [2.45, 2.75) is 0 Å². The maximum atomic E-state index is 11.4. The van der Waals surface area contributed by atoms with Crippen molar-refractivity contribution in [3.8, 4) is 0 Å². The molecule has 1 heterocycles. The molecule has 17 heavy (non-hydrogen) atoms. The number of halogens is 1. The van der Waals surface area contributed by atoms with Crippen molar-refractivity contribution in [2.24, 2.45) is 0 Å². The molecular formula is C12H17ClN2O2. The fourth-order valence-corrected chi connectivity index (χ4v) is 1.87. The van der Waals surface area contributed by atoms with E-state index >= 15 is 0 Å². The van der Waals surface area contributed by atoms with Crippen LogP contribution in [-0.4, -0.2) is 39.3 Å². The van der Waals surface area contributed by atoms with Gasteiger partial charge in [-0.05, 0) is 18.2 Å². The summed E-state index contributed by atoms with van der Waals surface area (Å²) in [7, 11) is 1.40. The minimum absolute atomic E-state index is 0. The van der Waals surface area contributed by atoms with E-state index in [9.17, 15) is 4.79 Å². The molecule has 1 aliphatic heterocycles. The largest absolute Gasteiger partial charge is 0.465 e. The van der Waals surface area contributed by atoms with Crippen LogP contribution in [0.4, 0.5) is 5.69 Å². The first-order valence-electron chi connectivity index (χ1n) is 5.45. The lowest BCUT2D eigenvalue weighted by Crippen LogP contribution is -2.43. The Balaban J connectivity index is 0.00000144. The molecule has 5 heteroatoms. The molecule has 1 aromatic rings. The second-order valence-electron chi connectivity index (χ2n) is 3.78. The normalized spacial score (nSPS) is 15.0. The Morgan fingerprint density at radius 3 is 2.71 bits per heavy atom. The van der Waals surface area contributed by atoms with Gasteiger partial charge in [0.2, 0.25) is 0 Å². The quantitative estimate of drug-likeness (QED) is 0.810. The predicted molar refractivity (Wildman–Crippen MR) is 70.1 cm³/mol. The van der Waals surface area contributed by atoms with Gasteiger partial charge in [0.25, 0.3) is 0 Å². The average Bonchev–Trinajstić information content (AvgIpc) is 2.39. The fraction of sp³-hybridized carbons (Fsp3) is 0.417. The Morgan fingerprint density at radius 1 is 1.35 bits per heavy atom. The summed E-state index contributed by atoms with van der Waals surface area (Å²) in [5, 5.41) is 3.30. The van der Waals surface area contributed by atoms with Gasteiger partial charge in [-0.1, -0.05) is 6.07 Å². The minimum atomic E-state index is -0.281. The van der Waals surface area contributed by atoms with Crippen LogP contribution in [0.25, 0.3) is 0 Å². The predicted octanol–water partition coefficient (Wildman–Crippen LogP) is 1.30. The van der Waals surface area contributed by atoms with Gasteiger partial charge in [0.1, 0.15) is 0 Å². The van der Waals surface area contributed by atoms with Gasteiger partial charge in [0, 0.05) is 31.9 Å². The lowest BCUT2D eigenvalue weighted by Gasteiger charge is -2.29. The van der Waals surface area contributed by atoms with Crippen LogP contribution in [0.15, 0.2) is 24.3 Å². The molecule has 0 spiro atoms. The fourth-order valence-electron chi connectivity index (χ4n) is 1.87. The molecule has 0 atom stereocenters.